The lowest BCUT2D eigenvalue weighted by atomic mass is 10.2. The highest BCUT2D eigenvalue weighted by Crippen LogP contribution is 2.44. The second-order valence-corrected chi connectivity index (χ2v) is 2.95. The van der Waals surface area contributed by atoms with Crippen molar-refractivity contribution in [2.45, 2.75) is 11.3 Å². The van der Waals surface area contributed by atoms with Crippen molar-refractivity contribution in [1.29, 1.82) is 0 Å². The van der Waals surface area contributed by atoms with Gasteiger partial charge in [0.25, 0.3) is 0 Å². The molecule has 0 saturated carbocycles. The van der Waals surface area contributed by atoms with Gasteiger partial charge in [0.1, 0.15) is 11.4 Å². The van der Waals surface area contributed by atoms with Crippen LogP contribution in [-0.2, 0) is 5.92 Å². The van der Waals surface area contributed by atoms with E-state index in [1.54, 1.807) is 0 Å². The molecule has 1 heterocycles. The van der Waals surface area contributed by atoms with Crippen molar-refractivity contribution in [2.24, 2.45) is 0 Å². The molecule has 0 bridgehead atoms. The summed E-state index contributed by atoms with van der Waals surface area (Å²) in [5, 5.41) is 3.99. The Morgan fingerprint density at radius 2 is 1.79 bits per heavy atom. The van der Waals surface area contributed by atoms with Crippen LogP contribution in [0, 0.1) is 0 Å². The van der Waals surface area contributed by atoms with Gasteiger partial charge < -0.3 is 5.11 Å². The van der Waals surface area contributed by atoms with Crippen LogP contribution in [0.25, 0.3) is 0 Å². The Balaban J connectivity index is 3.10. The zero-order chi connectivity index (χ0) is 11.0. The van der Waals surface area contributed by atoms with Crippen LogP contribution < -0.4 is 0 Å². The molecule has 0 aliphatic rings. The molecule has 7 heteroatoms. The summed E-state index contributed by atoms with van der Waals surface area (Å²) in [5.41, 5.74) is -1.20. The van der Waals surface area contributed by atoms with E-state index in [1.165, 1.54) is 0 Å². The topological polar surface area (TPSA) is 33.1 Å². The van der Waals surface area contributed by atoms with E-state index in [9.17, 15) is 17.6 Å². The minimum atomic E-state index is -4.71. The highest BCUT2D eigenvalue weighted by molar-refractivity contribution is 6.22. The van der Waals surface area contributed by atoms with Crippen LogP contribution in [0.4, 0.5) is 17.6 Å². The van der Waals surface area contributed by atoms with Gasteiger partial charge >= 0.3 is 11.3 Å². The molecule has 2 nitrogen and oxygen atoms in total. The molecular weight excluding hydrogens is 226 g/mol. The van der Waals surface area contributed by atoms with Crippen molar-refractivity contribution in [3.8, 4) is 5.75 Å². The first kappa shape index (κ1) is 11.0. The van der Waals surface area contributed by atoms with Crippen LogP contribution in [0.2, 0.25) is 0 Å². The van der Waals surface area contributed by atoms with E-state index < -0.39 is 22.7 Å². The average Bonchev–Trinajstić information content (AvgIpc) is 2.03. The van der Waals surface area contributed by atoms with E-state index in [2.05, 4.69) is 16.6 Å². The van der Waals surface area contributed by atoms with Gasteiger partial charge in [0.05, 0.1) is 6.20 Å². The van der Waals surface area contributed by atoms with Crippen LogP contribution in [-0.4, -0.2) is 15.5 Å². The second-order valence-electron chi connectivity index (χ2n) is 2.47. The van der Waals surface area contributed by atoms with E-state index in [0.717, 1.165) is 6.07 Å². The molecule has 0 aromatic carbocycles. The number of alkyl halides is 5. The summed E-state index contributed by atoms with van der Waals surface area (Å²) in [7, 11) is 0. The molecule has 0 radical (unpaired) electrons. The summed E-state index contributed by atoms with van der Waals surface area (Å²) in [5.74, 6) is -4.97. The van der Waals surface area contributed by atoms with Crippen LogP contribution >= 0.6 is 11.6 Å². The molecule has 1 aromatic rings. The van der Waals surface area contributed by atoms with E-state index in [-0.39, 0.29) is 0 Å². The van der Waals surface area contributed by atoms with Gasteiger partial charge in [-0.05, 0) is 23.7 Å². The lowest BCUT2D eigenvalue weighted by Gasteiger charge is -2.19. The third kappa shape index (κ3) is 1.89. The lowest BCUT2D eigenvalue weighted by molar-refractivity contribution is -0.166. The highest BCUT2D eigenvalue weighted by Gasteiger charge is 2.57. The SMILES string of the molecule is Oc1ccc(C(F)(F)C(F)(F)Cl)nc1. The number of hydrogen-bond donors (Lipinski definition) is 1. The van der Waals surface area contributed by atoms with Gasteiger partial charge in [0, 0.05) is 0 Å². The molecule has 0 aliphatic heterocycles. The van der Waals surface area contributed by atoms with E-state index in [1.807, 2.05) is 0 Å². The van der Waals surface area contributed by atoms with E-state index >= 15 is 0 Å². The van der Waals surface area contributed by atoms with E-state index in [4.69, 9.17) is 5.11 Å². The summed E-state index contributed by atoms with van der Waals surface area (Å²) in [4.78, 5) is 2.95. The summed E-state index contributed by atoms with van der Waals surface area (Å²) >= 11 is 4.21. The van der Waals surface area contributed by atoms with Crippen molar-refractivity contribution in [1.82, 2.24) is 4.98 Å². The highest BCUT2D eigenvalue weighted by atomic mass is 35.5. The maximum Gasteiger partial charge on any atom is 0.390 e. The van der Waals surface area contributed by atoms with Crippen molar-refractivity contribution in [3.05, 3.63) is 24.0 Å². The standard InChI is InChI=1S/C7H4ClF4NO/c8-7(11,12)6(9,10)5-2-1-4(14)3-13-5/h1-3,14H. The maximum absolute atomic E-state index is 12.8. The molecule has 0 spiro atoms. The number of rotatable bonds is 2. The van der Waals surface area contributed by atoms with Gasteiger partial charge in [-0.15, -0.1) is 0 Å². The molecule has 0 saturated heterocycles. The maximum atomic E-state index is 12.8. The summed E-state index contributed by atoms with van der Waals surface area (Å²) in [6, 6.07) is 1.39. The first-order chi connectivity index (χ1) is 6.25. The van der Waals surface area contributed by atoms with Crippen LogP contribution in [0.15, 0.2) is 18.3 Å². The molecule has 0 amide bonds. The lowest BCUT2D eigenvalue weighted by Crippen LogP contribution is -2.33. The van der Waals surface area contributed by atoms with Crippen LogP contribution in [0.5, 0.6) is 5.75 Å². The Morgan fingerprint density at radius 1 is 1.21 bits per heavy atom. The smallest absolute Gasteiger partial charge is 0.390 e. The molecule has 1 N–H and O–H groups in total. The average molecular weight is 230 g/mol. The molecule has 78 valence electrons. The minimum Gasteiger partial charge on any atom is -0.506 e. The van der Waals surface area contributed by atoms with Gasteiger partial charge in [-0.3, -0.25) is 4.98 Å². The number of halogens is 5. The largest absolute Gasteiger partial charge is 0.506 e. The quantitative estimate of drug-likeness (QED) is 0.625. The van der Waals surface area contributed by atoms with Crippen LogP contribution in [0.1, 0.15) is 5.69 Å². The van der Waals surface area contributed by atoms with Crippen molar-refractivity contribution >= 4 is 11.6 Å². The molecular formula is C7H4ClF4NO. The van der Waals surface area contributed by atoms with Gasteiger partial charge in [-0.25, -0.2) is 0 Å². The molecule has 1 aromatic heterocycles. The number of pyridine rings is 1. The molecule has 0 aliphatic carbocycles. The fourth-order valence-corrected chi connectivity index (χ4v) is 0.814. The van der Waals surface area contributed by atoms with Crippen molar-refractivity contribution < 1.29 is 22.7 Å². The molecule has 0 fully saturated rings. The van der Waals surface area contributed by atoms with Gasteiger partial charge in [-0.2, -0.15) is 17.6 Å². The Hall–Kier alpha value is -1.04. The molecule has 14 heavy (non-hydrogen) atoms. The van der Waals surface area contributed by atoms with Gasteiger partial charge in [0.15, 0.2) is 0 Å². The predicted octanol–water partition coefficient (Wildman–Crippen LogP) is 2.71. The van der Waals surface area contributed by atoms with Crippen LogP contribution in [0.3, 0.4) is 0 Å². The van der Waals surface area contributed by atoms with Crippen molar-refractivity contribution in [2.75, 3.05) is 0 Å². The fourth-order valence-electron chi connectivity index (χ4n) is 0.717. The molecule has 0 atom stereocenters. The number of hydrogen-bond acceptors (Lipinski definition) is 2. The Bertz CT molecular complexity index is 321. The minimum absolute atomic E-state index is 0.401. The second kappa shape index (κ2) is 3.27. The Kier molecular flexibility index (Phi) is 2.58. The first-order valence-corrected chi connectivity index (χ1v) is 3.73. The number of aromatic nitrogens is 1. The molecule has 1 rings (SSSR count). The van der Waals surface area contributed by atoms with Gasteiger partial charge in [0.2, 0.25) is 0 Å². The van der Waals surface area contributed by atoms with Crippen molar-refractivity contribution in [3.63, 3.8) is 0 Å². The number of aromatic hydroxyl groups is 1. The Labute approximate surface area is 81.1 Å². The zero-order valence-corrected chi connectivity index (χ0v) is 7.27. The van der Waals surface area contributed by atoms with Gasteiger partial charge in [-0.1, -0.05) is 0 Å². The zero-order valence-electron chi connectivity index (χ0n) is 6.52. The number of nitrogens with zero attached hydrogens (tertiary/aromatic N) is 1. The van der Waals surface area contributed by atoms with E-state index in [0.29, 0.717) is 12.3 Å². The summed E-state index contributed by atoms with van der Waals surface area (Å²) in [6.07, 6.45) is 0.631. The molecule has 0 unspecified atom stereocenters. The first-order valence-electron chi connectivity index (χ1n) is 3.35. The Morgan fingerprint density at radius 3 is 2.14 bits per heavy atom. The third-order valence-electron chi connectivity index (χ3n) is 1.43. The summed E-state index contributed by atoms with van der Waals surface area (Å²) in [6.45, 7) is 0. The predicted molar refractivity (Wildman–Crippen MR) is 40.6 cm³/mol. The summed E-state index contributed by atoms with van der Waals surface area (Å²) < 4.78 is 49.9. The fraction of sp³-hybridized carbons (Fsp3) is 0.286. The monoisotopic (exact) mass is 229 g/mol. The third-order valence-corrected chi connectivity index (χ3v) is 1.66. The normalized spacial score (nSPS) is 12.9.